The molecule has 7 rings (SSSR count). The molecule has 2 aliphatic heterocycles. The number of hydrogen-bond donors (Lipinski definition) is 0. The van der Waals surface area contributed by atoms with Crippen molar-refractivity contribution in [3.8, 4) is 5.69 Å². The quantitative estimate of drug-likeness (QED) is 0.339. The number of aromatic nitrogens is 1. The molecule has 0 atom stereocenters. The van der Waals surface area contributed by atoms with E-state index in [4.69, 9.17) is 0 Å². The molecule has 0 unspecified atom stereocenters. The van der Waals surface area contributed by atoms with Crippen LogP contribution in [0, 0.1) is 6.92 Å². The molecule has 0 radical (unpaired) electrons. The Hall–Kier alpha value is -3.26. The van der Waals surface area contributed by atoms with E-state index in [0.29, 0.717) is 6.71 Å². The number of para-hydroxylation sites is 2. The maximum absolute atomic E-state index is 2.52. The average Bonchev–Trinajstić information content (AvgIpc) is 3.09. The van der Waals surface area contributed by atoms with Crippen LogP contribution in [-0.4, -0.2) is 11.3 Å². The first-order valence-corrected chi connectivity index (χ1v) is 10.8. The van der Waals surface area contributed by atoms with Crippen LogP contribution >= 0.6 is 0 Å². The van der Waals surface area contributed by atoms with Crippen LogP contribution in [0.4, 0.5) is 0 Å². The fourth-order valence-corrected chi connectivity index (χ4v) is 6.50. The van der Waals surface area contributed by atoms with Gasteiger partial charge in [-0.15, -0.1) is 0 Å². The second-order valence-electron chi connectivity index (χ2n) is 9.43. The minimum Gasteiger partial charge on any atom is -0.310 e. The summed E-state index contributed by atoms with van der Waals surface area (Å²) in [7, 11) is 0. The average molecular weight is 383 g/mol. The largest absolute Gasteiger partial charge is 0.310 e. The summed E-state index contributed by atoms with van der Waals surface area (Å²) in [5.41, 5.74) is 12.8. The molecule has 5 aromatic rings. The van der Waals surface area contributed by atoms with Gasteiger partial charge in [0.1, 0.15) is 0 Å². The highest BCUT2D eigenvalue weighted by molar-refractivity contribution is 6.99. The van der Waals surface area contributed by atoms with Gasteiger partial charge in [0.2, 0.25) is 6.71 Å². The molecule has 0 saturated carbocycles. The van der Waals surface area contributed by atoms with Crippen molar-refractivity contribution in [2.75, 3.05) is 0 Å². The SMILES string of the molecule is Cc1cccc2c1C(C)(C)c1ccc3c4ccccc4n4c3c1B2c1ccccc1-4. The summed E-state index contributed by atoms with van der Waals surface area (Å²) in [5, 5.41) is 2.72. The number of aryl methyl sites for hydroxylation is 1. The Morgan fingerprint density at radius 1 is 0.733 bits per heavy atom. The summed E-state index contributed by atoms with van der Waals surface area (Å²) >= 11 is 0. The highest BCUT2D eigenvalue weighted by Crippen LogP contribution is 2.41. The standard InChI is InChI=1S/C28H22BN/c1-17-9-8-12-22-25(17)28(2,3)20-16-15-19-18-10-4-6-13-23(18)30-24-14-7-5-11-21(24)29(22)26(20)27(19)30/h4-16H,1-3H3. The maximum atomic E-state index is 2.52. The molecule has 0 N–H and O–H groups in total. The molecule has 0 bridgehead atoms. The summed E-state index contributed by atoms with van der Waals surface area (Å²) in [5.74, 6) is 0. The Balaban J connectivity index is 1.79. The molecule has 30 heavy (non-hydrogen) atoms. The third kappa shape index (κ3) is 1.73. The zero-order valence-corrected chi connectivity index (χ0v) is 17.5. The second kappa shape index (κ2) is 5.26. The topological polar surface area (TPSA) is 4.93 Å². The lowest BCUT2D eigenvalue weighted by molar-refractivity contribution is 0.641. The number of rotatable bonds is 0. The molecule has 2 aliphatic rings. The van der Waals surface area contributed by atoms with Gasteiger partial charge in [0, 0.05) is 27.4 Å². The van der Waals surface area contributed by atoms with Crippen molar-refractivity contribution in [3.05, 3.63) is 95.6 Å². The molecule has 0 fully saturated rings. The zero-order valence-electron chi connectivity index (χ0n) is 17.5. The molecule has 4 aromatic carbocycles. The Kier molecular flexibility index (Phi) is 2.90. The number of hydrogen-bond acceptors (Lipinski definition) is 0. The van der Waals surface area contributed by atoms with Crippen molar-refractivity contribution >= 4 is 44.9 Å². The summed E-state index contributed by atoms with van der Waals surface area (Å²) < 4.78 is 2.52. The summed E-state index contributed by atoms with van der Waals surface area (Å²) in [6.45, 7) is 7.37. The smallest absolute Gasteiger partial charge is 0.247 e. The van der Waals surface area contributed by atoms with Gasteiger partial charge in [-0.2, -0.15) is 0 Å². The highest BCUT2D eigenvalue weighted by Gasteiger charge is 2.45. The lowest BCUT2D eigenvalue weighted by Crippen LogP contribution is -2.63. The Morgan fingerprint density at radius 3 is 2.40 bits per heavy atom. The first kappa shape index (κ1) is 16.5. The lowest BCUT2D eigenvalue weighted by atomic mass is 9.30. The van der Waals surface area contributed by atoms with E-state index in [0.717, 1.165) is 0 Å². The van der Waals surface area contributed by atoms with Crippen LogP contribution in [0.3, 0.4) is 0 Å². The van der Waals surface area contributed by atoms with E-state index in [1.807, 2.05) is 0 Å². The Morgan fingerprint density at radius 2 is 1.50 bits per heavy atom. The van der Waals surface area contributed by atoms with E-state index in [1.165, 1.54) is 60.6 Å². The zero-order chi connectivity index (χ0) is 20.2. The van der Waals surface area contributed by atoms with E-state index >= 15 is 0 Å². The molecule has 3 heterocycles. The van der Waals surface area contributed by atoms with Gasteiger partial charge in [0.15, 0.2) is 0 Å². The molecule has 1 nitrogen and oxygen atoms in total. The lowest BCUT2D eigenvalue weighted by Gasteiger charge is -2.42. The molecule has 0 amide bonds. The van der Waals surface area contributed by atoms with Crippen LogP contribution < -0.4 is 16.4 Å². The second-order valence-corrected chi connectivity index (χ2v) is 9.43. The van der Waals surface area contributed by atoms with Crippen LogP contribution in [0.15, 0.2) is 78.9 Å². The molecule has 1 aromatic heterocycles. The molecule has 0 spiro atoms. The van der Waals surface area contributed by atoms with Crippen molar-refractivity contribution in [3.63, 3.8) is 0 Å². The van der Waals surface area contributed by atoms with E-state index in [1.54, 1.807) is 0 Å². The van der Waals surface area contributed by atoms with Crippen molar-refractivity contribution in [1.29, 1.82) is 0 Å². The highest BCUT2D eigenvalue weighted by atomic mass is 15.0. The predicted octanol–water partition coefficient (Wildman–Crippen LogP) is 4.56. The van der Waals surface area contributed by atoms with Crippen molar-refractivity contribution in [2.45, 2.75) is 26.2 Å². The number of fused-ring (bicyclic) bond motifs is 8. The minimum absolute atomic E-state index is 0.0196. The molecular weight excluding hydrogens is 361 g/mol. The van der Waals surface area contributed by atoms with E-state index < -0.39 is 0 Å². The van der Waals surface area contributed by atoms with Gasteiger partial charge in [-0.1, -0.05) is 86.0 Å². The van der Waals surface area contributed by atoms with E-state index in [9.17, 15) is 0 Å². The van der Waals surface area contributed by atoms with Gasteiger partial charge in [-0.05, 0) is 46.7 Å². The van der Waals surface area contributed by atoms with E-state index in [2.05, 4.69) is 104 Å². The summed E-state index contributed by atoms with van der Waals surface area (Å²) in [6.07, 6.45) is 0. The monoisotopic (exact) mass is 383 g/mol. The van der Waals surface area contributed by atoms with Gasteiger partial charge in [0.05, 0.1) is 5.52 Å². The first-order chi connectivity index (χ1) is 14.6. The molecule has 2 heteroatoms. The van der Waals surface area contributed by atoms with Gasteiger partial charge >= 0.3 is 0 Å². The Labute approximate surface area is 177 Å². The molecule has 0 aliphatic carbocycles. The molecule has 0 saturated heterocycles. The van der Waals surface area contributed by atoms with Crippen LogP contribution in [-0.2, 0) is 5.41 Å². The van der Waals surface area contributed by atoms with Crippen LogP contribution in [0.1, 0.15) is 30.5 Å². The van der Waals surface area contributed by atoms with Crippen molar-refractivity contribution in [1.82, 2.24) is 4.57 Å². The van der Waals surface area contributed by atoms with E-state index in [-0.39, 0.29) is 5.41 Å². The predicted molar refractivity (Wildman–Crippen MR) is 129 cm³/mol. The number of nitrogens with zero attached hydrogens (tertiary/aromatic N) is 1. The van der Waals surface area contributed by atoms with Crippen LogP contribution in [0.25, 0.3) is 27.5 Å². The Bertz CT molecular complexity index is 1540. The summed E-state index contributed by atoms with van der Waals surface area (Å²) in [6, 6.07) is 29.5. The normalized spacial score (nSPS) is 15.4. The third-order valence-electron chi connectivity index (χ3n) is 7.57. The molecular formula is C28H22BN. The van der Waals surface area contributed by atoms with Crippen LogP contribution in [0.2, 0.25) is 0 Å². The fourth-order valence-electron chi connectivity index (χ4n) is 6.50. The van der Waals surface area contributed by atoms with Crippen LogP contribution in [0.5, 0.6) is 0 Å². The van der Waals surface area contributed by atoms with Gasteiger partial charge in [0.25, 0.3) is 0 Å². The van der Waals surface area contributed by atoms with Gasteiger partial charge in [-0.3, -0.25) is 0 Å². The van der Waals surface area contributed by atoms with Crippen molar-refractivity contribution in [2.24, 2.45) is 0 Å². The van der Waals surface area contributed by atoms with Gasteiger partial charge < -0.3 is 4.57 Å². The van der Waals surface area contributed by atoms with Crippen molar-refractivity contribution < 1.29 is 0 Å². The maximum Gasteiger partial charge on any atom is 0.247 e. The third-order valence-corrected chi connectivity index (χ3v) is 7.57. The summed E-state index contributed by atoms with van der Waals surface area (Å²) in [4.78, 5) is 0. The van der Waals surface area contributed by atoms with Gasteiger partial charge in [-0.25, -0.2) is 0 Å². The molecule has 142 valence electrons. The minimum atomic E-state index is -0.0196. The fraction of sp³-hybridized carbons (Fsp3) is 0.143. The first-order valence-electron chi connectivity index (χ1n) is 10.8. The number of benzene rings is 4.